The van der Waals surface area contributed by atoms with Crippen molar-refractivity contribution in [3.63, 3.8) is 0 Å². The number of carbonyl (C=O) groups excluding carboxylic acids is 4. The molecule has 6 rings (SSSR count). The number of aryl methyl sites for hydroxylation is 1. The molecule has 1 aliphatic heterocycles. The molecule has 5 N–H and O–H groups in total. The molecule has 2 unspecified atom stereocenters. The topological polar surface area (TPSA) is 147 Å². The summed E-state index contributed by atoms with van der Waals surface area (Å²) in [4.78, 5) is 60.3. The first-order valence-electron chi connectivity index (χ1n) is 16.7. The van der Waals surface area contributed by atoms with Crippen LogP contribution in [-0.4, -0.2) is 57.4 Å². The van der Waals surface area contributed by atoms with Crippen LogP contribution in [0.2, 0.25) is 0 Å². The minimum Gasteiger partial charge on any atom is -0.445 e. The van der Waals surface area contributed by atoms with E-state index in [9.17, 15) is 14.4 Å². The predicted molar refractivity (Wildman–Crippen MR) is 174 cm³/mol. The molecule has 46 heavy (non-hydrogen) atoms. The zero-order valence-corrected chi connectivity index (χ0v) is 26.7. The molecule has 2 fully saturated rings. The number of aromatic amines is 1. The average Bonchev–Trinajstić information content (AvgIpc) is 3.64. The average molecular weight is 628 g/mol. The summed E-state index contributed by atoms with van der Waals surface area (Å²) in [6.07, 6.45) is 5.44. The standard InChI is InChI=1S/C36H45N5O5/c1-3-22(2)31(39-35(45)46-21-23-11-5-4-6-12-23)33(43)40-36(18-17-28-26(20-36)25-14-8-9-15-27(25)38-28)34(44)41-29-16-10-7-13-24(29)19-30(41)32(37)42/h4-6,8-9,11-12,14-15,22,24,29-31,38H,3,7,10,13,16-21H2,1-2H3,(H2,37,42)(H,39,45)(H,40,43)/t22-,24?,29?,30-,31-,36-/m0/s1. The SMILES string of the molecule is CC[C@H](C)[C@H](NC(=O)OCc1ccccc1)C(=O)N[C@@]1(C(=O)N2C3CCCCC3C[C@H]2C(N)=O)CCc2[nH]c3ccccc3c2C1. The number of nitrogens with zero attached hydrogens (tertiary/aromatic N) is 1. The van der Waals surface area contributed by atoms with Gasteiger partial charge in [-0.05, 0) is 61.1 Å². The summed E-state index contributed by atoms with van der Waals surface area (Å²) in [6, 6.07) is 15.6. The summed E-state index contributed by atoms with van der Waals surface area (Å²) in [6.45, 7) is 3.91. The highest BCUT2D eigenvalue weighted by Gasteiger charge is 2.54. The zero-order valence-electron chi connectivity index (χ0n) is 26.7. The van der Waals surface area contributed by atoms with Crippen molar-refractivity contribution in [1.29, 1.82) is 0 Å². The molecule has 10 nitrogen and oxygen atoms in total. The molecule has 0 spiro atoms. The lowest BCUT2D eigenvalue weighted by Gasteiger charge is -2.44. The molecule has 2 aliphatic carbocycles. The predicted octanol–water partition coefficient (Wildman–Crippen LogP) is 4.50. The van der Waals surface area contributed by atoms with Crippen LogP contribution in [0.15, 0.2) is 54.6 Å². The molecular weight excluding hydrogens is 582 g/mol. The zero-order chi connectivity index (χ0) is 32.4. The second-order valence-electron chi connectivity index (χ2n) is 13.4. The first kappa shape index (κ1) is 31.6. The lowest BCUT2D eigenvalue weighted by Crippen LogP contribution is -2.67. The molecule has 244 valence electrons. The van der Waals surface area contributed by atoms with E-state index in [1.807, 2.05) is 68.4 Å². The van der Waals surface area contributed by atoms with E-state index in [1.165, 1.54) is 0 Å². The molecule has 2 aromatic carbocycles. The smallest absolute Gasteiger partial charge is 0.408 e. The number of fused-ring (bicyclic) bond motifs is 4. The fraction of sp³-hybridized carbons (Fsp3) is 0.500. The molecule has 4 amide bonds. The van der Waals surface area contributed by atoms with Gasteiger partial charge in [0.15, 0.2) is 0 Å². The first-order valence-corrected chi connectivity index (χ1v) is 16.7. The van der Waals surface area contributed by atoms with Gasteiger partial charge in [-0.15, -0.1) is 0 Å². The minimum atomic E-state index is -1.32. The Morgan fingerprint density at radius 3 is 2.57 bits per heavy atom. The van der Waals surface area contributed by atoms with Crippen LogP contribution in [0, 0.1) is 11.8 Å². The van der Waals surface area contributed by atoms with Gasteiger partial charge in [-0.2, -0.15) is 0 Å². The van der Waals surface area contributed by atoms with Crippen molar-refractivity contribution in [2.24, 2.45) is 17.6 Å². The van der Waals surface area contributed by atoms with Crippen LogP contribution in [0.25, 0.3) is 10.9 Å². The number of amides is 4. The summed E-state index contributed by atoms with van der Waals surface area (Å²) in [5, 5.41) is 6.99. The van der Waals surface area contributed by atoms with Gasteiger partial charge in [0.2, 0.25) is 17.7 Å². The van der Waals surface area contributed by atoms with E-state index >= 15 is 4.79 Å². The van der Waals surface area contributed by atoms with Gasteiger partial charge in [0.25, 0.3) is 0 Å². The van der Waals surface area contributed by atoms with Crippen LogP contribution in [0.5, 0.6) is 0 Å². The quantitative estimate of drug-likeness (QED) is 0.276. The lowest BCUT2D eigenvalue weighted by atomic mass is 9.77. The largest absolute Gasteiger partial charge is 0.445 e. The van der Waals surface area contributed by atoms with Gasteiger partial charge in [-0.3, -0.25) is 14.4 Å². The number of para-hydroxylation sites is 1. The number of rotatable bonds is 9. The normalized spacial score (nSPS) is 25.2. The number of hydrogen-bond donors (Lipinski definition) is 4. The van der Waals surface area contributed by atoms with Crippen molar-refractivity contribution in [2.75, 3.05) is 0 Å². The Morgan fingerprint density at radius 1 is 1.07 bits per heavy atom. The Morgan fingerprint density at radius 2 is 1.80 bits per heavy atom. The molecule has 2 heterocycles. The molecular formula is C36H45N5O5. The Labute approximate surface area is 269 Å². The maximum atomic E-state index is 15.0. The van der Waals surface area contributed by atoms with Crippen LogP contribution < -0.4 is 16.4 Å². The first-order chi connectivity index (χ1) is 22.2. The van der Waals surface area contributed by atoms with Crippen LogP contribution in [-0.2, 0) is 38.6 Å². The van der Waals surface area contributed by atoms with E-state index in [4.69, 9.17) is 10.5 Å². The van der Waals surface area contributed by atoms with Gasteiger partial charge < -0.3 is 31.0 Å². The number of benzene rings is 2. The van der Waals surface area contributed by atoms with Gasteiger partial charge in [0.05, 0.1) is 0 Å². The van der Waals surface area contributed by atoms with Gasteiger partial charge in [0, 0.05) is 29.1 Å². The van der Waals surface area contributed by atoms with E-state index in [-0.39, 0.29) is 36.8 Å². The van der Waals surface area contributed by atoms with Crippen LogP contribution in [0.4, 0.5) is 4.79 Å². The Kier molecular flexibility index (Phi) is 9.06. The van der Waals surface area contributed by atoms with E-state index in [2.05, 4.69) is 15.6 Å². The number of H-pyrrole nitrogens is 1. The molecule has 3 aliphatic rings. The van der Waals surface area contributed by atoms with Crippen molar-refractivity contribution in [3.8, 4) is 0 Å². The number of likely N-dealkylation sites (tertiary alicyclic amines) is 1. The monoisotopic (exact) mass is 627 g/mol. The van der Waals surface area contributed by atoms with Gasteiger partial charge in [-0.25, -0.2) is 4.79 Å². The van der Waals surface area contributed by atoms with E-state index in [0.717, 1.165) is 53.4 Å². The fourth-order valence-corrected chi connectivity index (χ4v) is 7.90. The fourth-order valence-electron chi connectivity index (χ4n) is 7.90. The summed E-state index contributed by atoms with van der Waals surface area (Å²) in [5.41, 5.74) is 8.45. The van der Waals surface area contributed by atoms with Gasteiger partial charge in [0.1, 0.15) is 24.2 Å². The summed E-state index contributed by atoms with van der Waals surface area (Å²) in [5.74, 6) is -1.24. The number of alkyl carbamates (subject to hydrolysis) is 1. The maximum Gasteiger partial charge on any atom is 0.408 e. The van der Waals surface area contributed by atoms with E-state index in [0.29, 0.717) is 25.7 Å². The summed E-state index contributed by atoms with van der Waals surface area (Å²) < 4.78 is 5.47. The van der Waals surface area contributed by atoms with Crippen molar-refractivity contribution >= 4 is 34.7 Å². The third-order valence-corrected chi connectivity index (χ3v) is 10.6. The Hall–Kier alpha value is -4.34. The third kappa shape index (κ3) is 6.09. The molecule has 1 aromatic heterocycles. The molecule has 1 saturated heterocycles. The van der Waals surface area contributed by atoms with Gasteiger partial charge >= 0.3 is 6.09 Å². The van der Waals surface area contributed by atoms with E-state index < -0.39 is 35.5 Å². The van der Waals surface area contributed by atoms with Crippen molar-refractivity contribution < 1.29 is 23.9 Å². The molecule has 0 bridgehead atoms. The third-order valence-electron chi connectivity index (χ3n) is 10.6. The van der Waals surface area contributed by atoms with Gasteiger partial charge in [-0.1, -0.05) is 81.6 Å². The number of carbonyl (C=O) groups is 4. The minimum absolute atomic E-state index is 0.0688. The summed E-state index contributed by atoms with van der Waals surface area (Å²) in [7, 11) is 0. The molecule has 10 heteroatoms. The summed E-state index contributed by atoms with van der Waals surface area (Å²) >= 11 is 0. The molecule has 6 atom stereocenters. The number of primary amides is 1. The van der Waals surface area contributed by atoms with Crippen LogP contribution in [0.3, 0.4) is 0 Å². The van der Waals surface area contributed by atoms with Crippen LogP contribution in [0.1, 0.15) is 75.6 Å². The lowest BCUT2D eigenvalue weighted by molar-refractivity contribution is -0.149. The van der Waals surface area contributed by atoms with Crippen LogP contribution >= 0.6 is 0 Å². The highest BCUT2D eigenvalue weighted by molar-refractivity contribution is 5.98. The Balaban J connectivity index is 1.32. The van der Waals surface area contributed by atoms with Crippen molar-refractivity contribution in [1.82, 2.24) is 20.5 Å². The number of nitrogens with two attached hydrogens (primary N) is 1. The number of ether oxygens (including phenoxy) is 1. The number of aromatic nitrogens is 1. The highest BCUT2D eigenvalue weighted by atomic mass is 16.5. The van der Waals surface area contributed by atoms with Crippen molar-refractivity contribution in [3.05, 3.63) is 71.4 Å². The highest BCUT2D eigenvalue weighted by Crippen LogP contribution is 2.43. The molecule has 0 radical (unpaired) electrons. The Bertz CT molecular complexity index is 1600. The molecule has 1 saturated carbocycles. The van der Waals surface area contributed by atoms with E-state index in [1.54, 1.807) is 4.90 Å². The second-order valence-corrected chi connectivity index (χ2v) is 13.4. The number of hydrogen-bond acceptors (Lipinski definition) is 5. The number of nitrogens with one attached hydrogen (secondary N) is 3. The maximum absolute atomic E-state index is 15.0. The second kappa shape index (κ2) is 13.2. The van der Waals surface area contributed by atoms with Crippen molar-refractivity contribution in [2.45, 2.75) is 102 Å². The molecule has 3 aromatic rings.